The number of benzene rings is 1. The van der Waals surface area contributed by atoms with Crippen LogP contribution in [-0.4, -0.2) is 5.91 Å². The first kappa shape index (κ1) is 16.8. The highest BCUT2D eigenvalue weighted by Crippen LogP contribution is 2.41. The summed E-state index contributed by atoms with van der Waals surface area (Å²) in [5, 5.41) is 3.17. The molecule has 0 spiro atoms. The Morgan fingerprint density at radius 3 is 2.54 bits per heavy atom. The fraction of sp³-hybridized carbons (Fsp3) is 0.450. The van der Waals surface area contributed by atoms with Gasteiger partial charge in [0.05, 0.1) is 18.2 Å². The van der Waals surface area contributed by atoms with Gasteiger partial charge >= 0.3 is 0 Å². The third-order valence-corrected chi connectivity index (χ3v) is 4.48. The minimum Gasteiger partial charge on any atom is -0.467 e. The lowest BCUT2D eigenvalue weighted by atomic mass is 9.97. The third-order valence-electron chi connectivity index (χ3n) is 4.48. The maximum Gasteiger partial charge on any atom is 0.255 e. The highest BCUT2D eigenvalue weighted by molar-refractivity contribution is 5.94. The van der Waals surface area contributed by atoms with Crippen LogP contribution in [0.25, 0.3) is 0 Å². The summed E-state index contributed by atoms with van der Waals surface area (Å²) in [6.45, 7) is 4.75. The second-order valence-electron chi connectivity index (χ2n) is 7.13. The maximum absolute atomic E-state index is 12.5. The van der Waals surface area contributed by atoms with Gasteiger partial charge in [-0.05, 0) is 48.3 Å². The third kappa shape index (κ3) is 4.06. The smallest absolute Gasteiger partial charge is 0.255 e. The van der Waals surface area contributed by atoms with Crippen LogP contribution in [0.5, 0.6) is 0 Å². The number of furan rings is 1. The largest absolute Gasteiger partial charge is 0.467 e. The van der Waals surface area contributed by atoms with Crippen LogP contribution in [-0.2, 0) is 13.0 Å². The molecule has 4 heteroatoms. The molecule has 0 bridgehead atoms. The van der Waals surface area contributed by atoms with Crippen LogP contribution in [0.15, 0.2) is 41.0 Å². The number of amides is 1. The molecule has 2 aromatic rings. The average Bonchev–Trinajstić information content (AvgIpc) is 3.29. The van der Waals surface area contributed by atoms with Crippen molar-refractivity contribution in [3.8, 4) is 0 Å². The van der Waals surface area contributed by atoms with Crippen molar-refractivity contribution in [3.63, 3.8) is 0 Å². The van der Waals surface area contributed by atoms with Gasteiger partial charge in [0.2, 0.25) is 0 Å². The SMILES string of the molecule is CC(C)Cc1ccc(C(NC(=O)c2coc(CN)c2)C2CC2)cc1. The molecule has 1 unspecified atom stereocenters. The molecule has 1 fully saturated rings. The van der Waals surface area contributed by atoms with Crippen molar-refractivity contribution in [3.05, 3.63) is 59.0 Å². The molecule has 4 nitrogen and oxygen atoms in total. The van der Waals surface area contributed by atoms with E-state index in [2.05, 4.69) is 43.4 Å². The van der Waals surface area contributed by atoms with Gasteiger partial charge in [0.25, 0.3) is 5.91 Å². The molecule has 1 saturated carbocycles. The minimum atomic E-state index is -0.0957. The van der Waals surface area contributed by atoms with Crippen LogP contribution < -0.4 is 11.1 Å². The molecule has 3 rings (SSSR count). The van der Waals surface area contributed by atoms with E-state index in [-0.39, 0.29) is 11.9 Å². The van der Waals surface area contributed by atoms with E-state index in [0.29, 0.717) is 29.7 Å². The summed E-state index contributed by atoms with van der Waals surface area (Å²) in [6, 6.07) is 10.5. The Balaban J connectivity index is 1.71. The molecule has 1 aliphatic carbocycles. The molecule has 1 heterocycles. The minimum absolute atomic E-state index is 0.0711. The molecule has 1 amide bonds. The molecule has 0 radical (unpaired) electrons. The lowest BCUT2D eigenvalue weighted by Crippen LogP contribution is -2.29. The van der Waals surface area contributed by atoms with Gasteiger partial charge in [0.15, 0.2) is 0 Å². The highest BCUT2D eigenvalue weighted by atomic mass is 16.3. The fourth-order valence-electron chi connectivity index (χ4n) is 3.07. The summed E-state index contributed by atoms with van der Waals surface area (Å²) in [5.41, 5.74) is 8.60. The summed E-state index contributed by atoms with van der Waals surface area (Å²) >= 11 is 0. The van der Waals surface area contributed by atoms with Crippen LogP contribution in [0.3, 0.4) is 0 Å². The van der Waals surface area contributed by atoms with Gasteiger partial charge in [-0.25, -0.2) is 0 Å². The second kappa shape index (κ2) is 7.22. The number of hydrogen-bond donors (Lipinski definition) is 2. The van der Waals surface area contributed by atoms with E-state index >= 15 is 0 Å². The first-order valence-corrected chi connectivity index (χ1v) is 8.74. The van der Waals surface area contributed by atoms with E-state index < -0.39 is 0 Å². The number of carbonyl (C=O) groups excluding carboxylic acids is 1. The van der Waals surface area contributed by atoms with Crippen molar-refractivity contribution < 1.29 is 9.21 Å². The topological polar surface area (TPSA) is 68.3 Å². The quantitative estimate of drug-likeness (QED) is 0.813. The number of nitrogens with two attached hydrogens (primary N) is 1. The highest BCUT2D eigenvalue weighted by Gasteiger charge is 2.33. The van der Waals surface area contributed by atoms with E-state index in [4.69, 9.17) is 10.2 Å². The maximum atomic E-state index is 12.5. The van der Waals surface area contributed by atoms with Gasteiger partial charge in [-0.2, -0.15) is 0 Å². The molecular weight excluding hydrogens is 300 g/mol. The van der Waals surface area contributed by atoms with Crippen LogP contribution in [0.1, 0.15) is 60.0 Å². The monoisotopic (exact) mass is 326 g/mol. The van der Waals surface area contributed by atoms with Crippen LogP contribution in [0, 0.1) is 11.8 Å². The van der Waals surface area contributed by atoms with E-state index in [1.807, 2.05) is 0 Å². The Morgan fingerprint density at radius 1 is 1.29 bits per heavy atom. The summed E-state index contributed by atoms with van der Waals surface area (Å²) < 4.78 is 5.27. The zero-order valence-electron chi connectivity index (χ0n) is 14.4. The molecule has 0 saturated heterocycles. The molecule has 128 valence electrons. The van der Waals surface area contributed by atoms with Gasteiger partial charge in [-0.15, -0.1) is 0 Å². The van der Waals surface area contributed by atoms with E-state index in [1.165, 1.54) is 17.4 Å². The number of carbonyl (C=O) groups is 1. The van der Waals surface area contributed by atoms with Crippen molar-refractivity contribution in [2.24, 2.45) is 17.6 Å². The summed E-state index contributed by atoms with van der Waals surface area (Å²) in [7, 11) is 0. The molecule has 1 aliphatic rings. The Kier molecular flexibility index (Phi) is 5.05. The van der Waals surface area contributed by atoms with Gasteiger partial charge < -0.3 is 15.5 Å². The van der Waals surface area contributed by atoms with Crippen molar-refractivity contribution in [1.29, 1.82) is 0 Å². The van der Waals surface area contributed by atoms with Crippen molar-refractivity contribution in [2.45, 2.75) is 45.7 Å². The van der Waals surface area contributed by atoms with Gasteiger partial charge in [0, 0.05) is 0 Å². The van der Waals surface area contributed by atoms with Crippen LogP contribution in [0.4, 0.5) is 0 Å². The second-order valence-corrected chi connectivity index (χ2v) is 7.13. The van der Waals surface area contributed by atoms with E-state index in [1.54, 1.807) is 6.07 Å². The predicted molar refractivity (Wildman–Crippen MR) is 94.5 cm³/mol. The predicted octanol–water partition coefficient (Wildman–Crippen LogP) is 3.82. The molecule has 1 atom stereocenters. The average molecular weight is 326 g/mol. The number of nitrogens with one attached hydrogen (secondary N) is 1. The first-order valence-electron chi connectivity index (χ1n) is 8.74. The Labute approximate surface area is 143 Å². The van der Waals surface area contributed by atoms with E-state index in [9.17, 15) is 4.79 Å². The Hall–Kier alpha value is -2.07. The lowest BCUT2D eigenvalue weighted by molar-refractivity contribution is 0.0931. The molecule has 1 aromatic heterocycles. The van der Waals surface area contributed by atoms with E-state index in [0.717, 1.165) is 19.3 Å². The van der Waals surface area contributed by atoms with Gasteiger partial charge in [-0.1, -0.05) is 38.1 Å². The van der Waals surface area contributed by atoms with Gasteiger partial charge in [-0.3, -0.25) is 4.79 Å². The summed E-state index contributed by atoms with van der Waals surface area (Å²) in [4.78, 5) is 12.5. The zero-order chi connectivity index (χ0) is 17.1. The molecule has 24 heavy (non-hydrogen) atoms. The zero-order valence-corrected chi connectivity index (χ0v) is 14.4. The lowest BCUT2D eigenvalue weighted by Gasteiger charge is -2.19. The van der Waals surface area contributed by atoms with Crippen LogP contribution >= 0.6 is 0 Å². The Morgan fingerprint density at radius 2 is 2.00 bits per heavy atom. The summed E-state index contributed by atoms with van der Waals surface area (Å²) in [5.74, 6) is 1.71. The van der Waals surface area contributed by atoms with Crippen molar-refractivity contribution in [1.82, 2.24) is 5.32 Å². The van der Waals surface area contributed by atoms with Gasteiger partial charge in [0.1, 0.15) is 12.0 Å². The van der Waals surface area contributed by atoms with Crippen molar-refractivity contribution in [2.75, 3.05) is 0 Å². The normalized spacial score (nSPS) is 15.5. The molecule has 0 aliphatic heterocycles. The fourth-order valence-corrected chi connectivity index (χ4v) is 3.07. The Bertz CT molecular complexity index is 684. The standard InChI is InChI=1S/C20H26N2O2/c1-13(2)9-14-3-5-15(6-4-14)19(16-7-8-16)22-20(23)17-10-18(11-21)24-12-17/h3-6,10,12-13,16,19H,7-9,11,21H2,1-2H3,(H,22,23). The molecule has 3 N–H and O–H groups in total. The number of hydrogen-bond acceptors (Lipinski definition) is 3. The first-order chi connectivity index (χ1) is 11.6. The number of rotatable bonds is 7. The summed E-state index contributed by atoms with van der Waals surface area (Å²) in [6.07, 6.45) is 4.89. The molecular formula is C20H26N2O2. The molecule has 1 aromatic carbocycles. The van der Waals surface area contributed by atoms with Crippen LogP contribution in [0.2, 0.25) is 0 Å². The van der Waals surface area contributed by atoms with Crippen molar-refractivity contribution >= 4 is 5.91 Å².